The van der Waals surface area contributed by atoms with Crippen LogP contribution in [0.3, 0.4) is 0 Å². The number of fused-ring (bicyclic) bond motifs is 1. The Labute approximate surface area is 119 Å². The summed E-state index contributed by atoms with van der Waals surface area (Å²) in [5, 5.41) is 6.38. The van der Waals surface area contributed by atoms with Crippen LogP contribution in [0.4, 0.5) is 0 Å². The van der Waals surface area contributed by atoms with Gasteiger partial charge in [0.05, 0.1) is 6.54 Å². The molecule has 1 unspecified atom stereocenters. The van der Waals surface area contributed by atoms with E-state index in [2.05, 4.69) is 30.5 Å². The van der Waals surface area contributed by atoms with Crippen LogP contribution in [0.1, 0.15) is 44.7 Å². The SMILES string of the molecule is CC1(C)CC(NCC(=O)NC2CC2)c2ccccc2O1. The van der Waals surface area contributed by atoms with E-state index in [-0.39, 0.29) is 17.6 Å². The van der Waals surface area contributed by atoms with Gasteiger partial charge < -0.3 is 15.4 Å². The number of nitrogens with one attached hydrogen (secondary N) is 2. The lowest BCUT2D eigenvalue weighted by Gasteiger charge is -2.38. The van der Waals surface area contributed by atoms with Crippen LogP contribution < -0.4 is 15.4 Å². The molecule has 1 aromatic rings. The summed E-state index contributed by atoms with van der Waals surface area (Å²) in [5.74, 6) is 1.01. The standard InChI is InChI=1S/C16H22N2O2/c1-16(2)9-13(12-5-3-4-6-14(12)20-16)17-10-15(19)18-11-7-8-11/h3-6,11,13,17H,7-10H2,1-2H3,(H,18,19). The summed E-state index contributed by atoms with van der Waals surface area (Å²) in [5.41, 5.74) is 0.935. The Kier molecular flexibility index (Phi) is 3.42. The molecule has 1 amide bonds. The second kappa shape index (κ2) is 5.09. The molecule has 1 heterocycles. The Hall–Kier alpha value is -1.55. The zero-order chi connectivity index (χ0) is 14.2. The van der Waals surface area contributed by atoms with Crippen LogP contribution in [0.15, 0.2) is 24.3 Å². The molecule has 1 aliphatic heterocycles. The highest BCUT2D eigenvalue weighted by atomic mass is 16.5. The Morgan fingerprint density at radius 2 is 2.10 bits per heavy atom. The smallest absolute Gasteiger partial charge is 0.234 e. The predicted octanol–water partition coefficient (Wildman–Crippen LogP) is 2.16. The Balaban J connectivity index is 1.66. The van der Waals surface area contributed by atoms with Gasteiger partial charge in [-0.3, -0.25) is 4.79 Å². The first kappa shape index (κ1) is 13.4. The molecule has 1 aliphatic carbocycles. The number of hydrogen-bond acceptors (Lipinski definition) is 3. The maximum Gasteiger partial charge on any atom is 0.234 e. The average Bonchev–Trinajstić information content (AvgIpc) is 3.18. The fourth-order valence-electron chi connectivity index (χ4n) is 2.71. The molecule has 108 valence electrons. The number of rotatable bonds is 4. The van der Waals surface area contributed by atoms with Crippen molar-refractivity contribution in [3.63, 3.8) is 0 Å². The first-order chi connectivity index (χ1) is 9.53. The molecule has 4 nitrogen and oxygen atoms in total. The average molecular weight is 274 g/mol. The van der Waals surface area contributed by atoms with Crippen molar-refractivity contribution in [1.29, 1.82) is 0 Å². The molecular weight excluding hydrogens is 252 g/mol. The molecule has 20 heavy (non-hydrogen) atoms. The van der Waals surface area contributed by atoms with E-state index in [1.165, 1.54) is 0 Å². The van der Waals surface area contributed by atoms with Gasteiger partial charge in [-0.05, 0) is 32.8 Å². The van der Waals surface area contributed by atoms with Crippen LogP contribution >= 0.6 is 0 Å². The normalized spacial score (nSPS) is 23.6. The van der Waals surface area contributed by atoms with Gasteiger partial charge in [0.2, 0.25) is 5.91 Å². The van der Waals surface area contributed by atoms with Crippen molar-refractivity contribution >= 4 is 5.91 Å². The molecule has 0 spiro atoms. The lowest BCUT2D eigenvalue weighted by atomic mass is 9.90. The van der Waals surface area contributed by atoms with Crippen LogP contribution in [0, 0.1) is 0 Å². The molecule has 0 saturated heterocycles. The van der Waals surface area contributed by atoms with Crippen molar-refractivity contribution in [2.75, 3.05) is 6.54 Å². The molecule has 1 atom stereocenters. The molecule has 3 rings (SSSR count). The highest BCUT2D eigenvalue weighted by Crippen LogP contribution is 2.38. The molecule has 0 bridgehead atoms. The van der Waals surface area contributed by atoms with Gasteiger partial charge in [0.25, 0.3) is 0 Å². The van der Waals surface area contributed by atoms with Gasteiger partial charge in [0, 0.05) is 24.1 Å². The molecule has 1 saturated carbocycles. The topological polar surface area (TPSA) is 50.4 Å². The van der Waals surface area contributed by atoms with Crippen LogP contribution in [-0.2, 0) is 4.79 Å². The van der Waals surface area contributed by atoms with Crippen LogP contribution in [0.2, 0.25) is 0 Å². The summed E-state index contributed by atoms with van der Waals surface area (Å²) < 4.78 is 5.99. The number of benzene rings is 1. The van der Waals surface area contributed by atoms with Crippen molar-refractivity contribution < 1.29 is 9.53 Å². The van der Waals surface area contributed by atoms with Crippen LogP contribution in [-0.4, -0.2) is 24.1 Å². The van der Waals surface area contributed by atoms with Crippen molar-refractivity contribution in [3.05, 3.63) is 29.8 Å². The maximum atomic E-state index is 11.8. The first-order valence-corrected chi connectivity index (χ1v) is 7.34. The van der Waals surface area contributed by atoms with Crippen molar-refractivity contribution in [2.45, 2.75) is 50.8 Å². The molecule has 2 N–H and O–H groups in total. The summed E-state index contributed by atoms with van der Waals surface area (Å²) in [6.07, 6.45) is 3.11. The van der Waals surface area contributed by atoms with Gasteiger partial charge in [-0.2, -0.15) is 0 Å². The molecule has 0 aromatic heterocycles. The van der Waals surface area contributed by atoms with E-state index < -0.39 is 0 Å². The monoisotopic (exact) mass is 274 g/mol. The lowest BCUT2D eigenvalue weighted by Crippen LogP contribution is -2.42. The Bertz CT molecular complexity index is 509. The van der Waals surface area contributed by atoms with Gasteiger partial charge in [-0.25, -0.2) is 0 Å². The van der Waals surface area contributed by atoms with Crippen molar-refractivity contribution in [2.24, 2.45) is 0 Å². The summed E-state index contributed by atoms with van der Waals surface area (Å²) in [7, 11) is 0. The molecule has 4 heteroatoms. The van der Waals surface area contributed by atoms with E-state index in [1.807, 2.05) is 18.2 Å². The molecule has 1 fully saturated rings. The predicted molar refractivity (Wildman–Crippen MR) is 77.7 cm³/mol. The van der Waals surface area contributed by atoms with E-state index >= 15 is 0 Å². The van der Waals surface area contributed by atoms with Gasteiger partial charge in [-0.15, -0.1) is 0 Å². The minimum absolute atomic E-state index is 0.0919. The molecule has 0 radical (unpaired) electrons. The van der Waals surface area contributed by atoms with E-state index in [0.29, 0.717) is 12.6 Å². The first-order valence-electron chi connectivity index (χ1n) is 7.34. The van der Waals surface area contributed by atoms with Crippen molar-refractivity contribution in [1.82, 2.24) is 10.6 Å². The second-order valence-corrected chi connectivity index (χ2v) is 6.38. The molecule has 2 aliphatic rings. The largest absolute Gasteiger partial charge is 0.487 e. The van der Waals surface area contributed by atoms with Crippen LogP contribution in [0.5, 0.6) is 5.75 Å². The molecular formula is C16H22N2O2. The zero-order valence-corrected chi connectivity index (χ0v) is 12.1. The fourth-order valence-corrected chi connectivity index (χ4v) is 2.71. The number of hydrogen-bond donors (Lipinski definition) is 2. The highest BCUT2D eigenvalue weighted by Gasteiger charge is 2.33. The number of amides is 1. The number of para-hydroxylation sites is 1. The van der Waals surface area contributed by atoms with Crippen LogP contribution in [0.25, 0.3) is 0 Å². The number of carbonyl (C=O) groups excluding carboxylic acids is 1. The van der Waals surface area contributed by atoms with Gasteiger partial charge in [-0.1, -0.05) is 18.2 Å². The quantitative estimate of drug-likeness (QED) is 0.884. The third-order valence-corrected chi connectivity index (χ3v) is 3.83. The lowest BCUT2D eigenvalue weighted by molar-refractivity contribution is -0.120. The van der Waals surface area contributed by atoms with E-state index in [4.69, 9.17) is 4.74 Å². The Morgan fingerprint density at radius 3 is 2.85 bits per heavy atom. The summed E-state index contributed by atoms with van der Waals surface area (Å²) in [6.45, 7) is 4.54. The Morgan fingerprint density at radius 1 is 1.35 bits per heavy atom. The molecule has 1 aromatic carbocycles. The number of ether oxygens (including phenoxy) is 1. The van der Waals surface area contributed by atoms with Gasteiger partial charge >= 0.3 is 0 Å². The van der Waals surface area contributed by atoms with E-state index in [1.54, 1.807) is 0 Å². The minimum Gasteiger partial charge on any atom is -0.487 e. The maximum absolute atomic E-state index is 11.8. The second-order valence-electron chi connectivity index (χ2n) is 6.38. The van der Waals surface area contributed by atoms with Gasteiger partial charge in [0.1, 0.15) is 11.4 Å². The highest BCUT2D eigenvalue weighted by molar-refractivity contribution is 5.78. The van der Waals surface area contributed by atoms with Gasteiger partial charge in [0.15, 0.2) is 0 Å². The number of carbonyl (C=O) groups is 1. The summed E-state index contributed by atoms with van der Waals surface area (Å²) in [6, 6.07) is 8.65. The fraction of sp³-hybridized carbons (Fsp3) is 0.562. The minimum atomic E-state index is -0.209. The summed E-state index contributed by atoms with van der Waals surface area (Å²) in [4.78, 5) is 11.8. The van der Waals surface area contributed by atoms with E-state index in [0.717, 1.165) is 30.6 Å². The third-order valence-electron chi connectivity index (χ3n) is 3.83. The third kappa shape index (κ3) is 3.12. The van der Waals surface area contributed by atoms with Crippen molar-refractivity contribution in [3.8, 4) is 5.75 Å². The zero-order valence-electron chi connectivity index (χ0n) is 12.1. The van der Waals surface area contributed by atoms with E-state index in [9.17, 15) is 4.79 Å². The summed E-state index contributed by atoms with van der Waals surface area (Å²) >= 11 is 0.